The third-order valence-electron chi connectivity index (χ3n) is 3.46. The number of nitrogens with one attached hydrogen (secondary N) is 1. The first kappa shape index (κ1) is 17.2. The fraction of sp³-hybridized carbons (Fsp3) is 0.769. The Morgan fingerprint density at radius 2 is 1.90 bits per heavy atom. The van der Waals surface area contributed by atoms with E-state index in [-0.39, 0.29) is 12.8 Å². The molecule has 8 heteroatoms. The second-order valence-corrected chi connectivity index (χ2v) is 5.21. The van der Waals surface area contributed by atoms with Crippen LogP contribution in [0.5, 0.6) is 0 Å². The number of carbonyl (C=O) groups is 3. The molecule has 1 rings (SSSR count). The highest BCUT2D eigenvalue weighted by Gasteiger charge is 2.24. The Kier molecular flexibility index (Phi) is 6.93. The first-order valence-electron chi connectivity index (χ1n) is 6.94. The molecule has 0 spiro atoms. The van der Waals surface area contributed by atoms with Gasteiger partial charge in [-0.1, -0.05) is 0 Å². The summed E-state index contributed by atoms with van der Waals surface area (Å²) in [6.45, 7) is 1.88. The number of amides is 2. The molecule has 1 heterocycles. The van der Waals surface area contributed by atoms with Crippen LogP contribution in [0.15, 0.2) is 0 Å². The summed E-state index contributed by atoms with van der Waals surface area (Å²) in [5, 5.41) is 19.9. The first-order chi connectivity index (χ1) is 9.90. The van der Waals surface area contributed by atoms with Gasteiger partial charge in [-0.05, 0) is 25.2 Å². The summed E-state index contributed by atoms with van der Waals surface area (Å²) in [7, 11) is 1.60. The van der Waals surface area contributed by atoms with Gasteiger partial charge in [-0.25, -0.2) is 9.59 Å². The number of carboxylic acids is 2. The van der Waals surface area contributed by atoms with E-state index in [2.05, 4.69) is 5.32 Å². The van der Waals surface area contributed by atoms with Crippen molar-refractivity contribution in [1.82, 2.24) is 10.2 Å². The fourth-order valence-electron chi connectivity index (χ4n) is 2.18. The summed E-state index contributed by atoms with van der Waals surface area (Å²) in [4.78, 5) is 34.9. The van der Waals surface area contributed by atoms with E-state index in [0.717, 1.165) is 12.8 Å². The Hall–Kier alpha value is -1.83. The molecular weight excluding hydrogens is 280 g/mol. The van der Waals surface area contributed by atoms with Crippen molar-refractivity contribution in [2.75, 3.05) is 26.8 Å². The highest BCUT2D eigenvalue weighted by Crippen LogP contribution is 2.15. The molecule has 0 unspecified atom stereocenters. The lowest BCUT2D eigenvalue weighted by Gasteiger charge is -2.28. The second-order valence-electron chi connectivity index (χ2n) is 5.21. The molecule has 1 aliphatic heterocycles. The van der Waals surface area contributed by atoms with Crippen molar-refractivity contribution in [3.63, 3.8) is 0 Å². The summed E-state index contributed by atoms with van der Waals surface area (Å²) >= 11 is 0. The molecule has 0 bridgehead atoms. The average molecular weight is 302 g/mol. The van der Waals surface area contributed by atoms with Crippen molar-refractivity contribution in [2.45, 2.75) is 31.7 Å². The van der Waals surface area contributed by atoms with Crippen molar-refractivity contribution in [2.24, 2.45) is 5.92 Å². The van der Waals surface area contributed by atoms with Crippen LogP contribution >= 0.6 is 0 Å². The average Bonchev–Trinajstić information content (AvgIpc) is 2.43. The van der Waals surface area contributed by atoms with Crippen LogP contribution < -0.4 is 5.32 Å². The minimum Gasteiger partial charge on any atom is -0.481 e. The molecule has 3 N–H and O–H groups in total. The zero-order valence-corrected chi connectivity index (χ0v) is 12.1. The van der Waals surface area contributed by atoms with Gasteiger partial charge in [-0.15, -0.1) is 0 Å². The molecule has 0 saturated carbocycles. The van der Waals surface area contributed by atoms with E-state index in [9.17, 15) is 14.4 Å². The molecule has 0 aliphatic carbocycles. The van der Waals surface area contributed by atoms with Gasteiger partial charge < -0.3 is 25.2 Å². The van der Waals surface area contributed by atoms with Crippen LogP contribution in [0.3, 0.4) is 0 Å². The summed E-state index contributed by atoms with van der Waals surface area (Å²) in [5.41, 5.74) is 0. The second kappa shape index (κ2) is 8.46. The zero-order valence-electron chi connectivity index (χ0n) is 12.1. The van der Waals surface area contributed by atoms with Crippen LogP contribution in [0.2, 0.25) is 0 Å². The third-order valence-corrected chi connectivity index (χ3v) is 3.46. The SMILES string of the molecule is CN(CC1CCOCC1)C(=O)N[C@@H](CCC(=O)O)C(=O)O. The molecule has 2 amide bonds. The smallest absolute Gasteiger partial charge is 0.326 e. The normalized spacial score (nSPS) is 17.0. The quantitative estimate of drug-likeness (QED) is 0.626. The molecule has 1 aliphatic rings. The number of nitrogens with zero attached hydrogens (tertiary/aromatic N) is 1. The zero-order chi connectivity index (χ0) is 15.8. The molecule has 1 fully saturated rings. The Morgan fingerprint density at radius 3 is 2.43 bits per heavy atom. The van der Waals surface area contributed by atoms with Crippen molar-refractivity contribution < 1.29 is 29.3 Å². The fourth-order valence-corrected chi connectivity index (χ4v) is 2.18. The predicted molar refractivity (Wildman–Crippen MR) is 73.0 cm³/mol. The van der Waals surface area contributed by atoms with Gasteiger partial charge in [0.25, 0.3) is 0 Å². The lowest BCUT2D eigenvalue weighted by molar-refractivity contribution is -0.140. The molecular formula is C13H22N2O6. The Bertz CT molecular complexity index is 381. The van der Waals surface area contributed by atoms with Crippen molar-refractivity contribution in [1.29, 1.82) is 0 Å². The molecule has 0 aromatic carbocycles. The van der Waals surface area contributed by atoms with E-state index >= 15 is 0 Å². The van der Waals surface area contributed by atoms with Gasteiger partial charge in [0.2, 0.25) is 0 Å². The Morgan fingerprint density at radius 1 is 1.29 bits per heavy atom. The topological polar surface area (TPSA) is 116 Å². The molecule has 1 saturated heterocycles. The van der Waals surface area contributed by atoms with E-state index in [4.69, 9.17) is 14.9 Å². The molecule has 21 heavy (non-hydrogen) atoms. The lowest BCUT2D eigenvalue weighted by Crippen LogP contribution is -2.48. The minimum atomic E-state index is -1.23. The number of hydrogen-bond donors (Lipinski definition) is 3. The number of ether oxygens (including phenoxy) is 1. The van der Waals surface area contributed by atoms with Crippen LogP contribution in [0, 0.1) is 5.92 Å². The van der Waals surface area contributed by atoms with E-state index in [0.29, 0.717) is 25.7 Å². The van der Waals surface area contributed by atoms with Crippen LogP contribution in [-0.4, -0.2) is 65.9 Å². The van der Waals surface area contributed by atoms with Gasteiger partial charge in [-0.2, -0.15) is 0 Å². The summed E-state index contributed by atoms with van der Waals surface area (Å²) in [6, 6.07) is -1.69. The Balaban J connectivity index is 2.43. The van der Waals surface area contributed by atoms with E-state index in [1.165, 1.54) is 4.90 Å². The van der Waals surface area contributed by atoms with Gasteiger partial charge in [0.15, 0.2) is 0 Å². The summed E-state index contributed by atoms with van der Waals surface area (Å²) in [5.74, 6) is -1.98. The van der Waals surface area contributed by atoms with Gasteiger partial charge in [0, 0.05) is 33.2 Å². The molecule has 8 nitrogen and oxygen atoms in total. The van der Waals surface area contributed by atoms with Crippen molar-refractivity contribution in [3.8, 4) is 0 Å². The van der Waals surface area contributed by atoms with Gasteiger partial charge in [0.1, 0.15) is 6.04 Å². The summed E-state index contributed by atoms with van der Waals surface area (Å²) in [6.07, 6.45) is 1.31. The molecule has 0 aromatic heterocycles. The van der Waals surface area contributed by atoms with Crippen LogP contribution in [0.25, 0.3) is 0 Å². The van der Waals surface area contributed by atoms with Gasteiger partial charge in [0.05, 0.1) is 0 Å². The number of hydrogen-bond acceptors (Lipinski definition) is 4. The Labute approximate surface area is 123 Å². The number of carbonyl (C=O) groups excluding carboxylic acids is 1. The molecule has 0 aromatic rings. The van der Waals surface area contributed by atoms with Crippen LogP contribution in [0.4, 0.5) is 4.79 Å². The highest BCUT2D eigenvalue weighted by atomic mass is 16.5. The maximum absolute atomic E-state index is 11.9. The molecule has 120 valence electrons. The molecule has 1 atom stereocenters. The van der Waals surface area contributed by atoms with E-state index < -0.39 is 24.0 Å². The summed E-state index contributed by atoms with van der Waals surface area (Å²) < 4.78 is 5.24. The number of rotatable bonds is 7. The van der Waals surface area contributed by atoms with E-state index in [1.807, 2.05) is 0 Å². The van der Waals surface area contributed by atoms with Crippen LogP contribution in [0.1, 0.15) is 25.7 Å². The van der Waals surface area contributed by atoms with Gasteiger partial charge >= 0.3 is 18.0 Å². The minimum absolute atomic E-state index is 0.137. The van der Waals surface area contributed by atoms with Gasteiger partial charge in [-0.3, -0.25) is 4.79 Å². The van der Waals surface area contributed by atoms with Crippen molar-refractivity contribution in [3.05, 3.63) is 0 Å². The monoisotopic (exact) mass is 302 g/mol. The highest BCUT2D eigenvalue weighted by molar-refractivity contribution is 5.82. The number of carboxylic acid groups (broad SMARTS) is 2. The predicted octanol–water partition coefficient (Wildman–Crippen LogP) is 0.372. The standard InChI is InChI=1S/C13H22N2O6/c1-15(8-9-4-6-21-7-5-9)13(20)14-10(12(18)19)2-3-11(16)17/h9-10H,2-8H2,1H3,(H,14,20)(H,16,17)(H,18,19)/t10-/m0/s1. The van der Waals surface area contributed by atoms with E-state index in [1.54, 1.807) is 7.05 Å². The van der Waals surface area contributed by atoms with Crippen molar-refractivity contribution >= 4 is 18.0 Å². The largest absolute Gasteiger partial charge is 0.481 e. The molecule has 0 radical (unpaired) electrons. The third kappa shape index (κ3) is 6.44. The van der Waals surface area contributed by atoms with Crippen LogP contribution in [-0.2, 0) is 14.3 Å². The maximum atomic E-state index is 11.9. The number of urea groups is 1. The number of aliphatic carboxylic acids is 2. The first-order valence-corrected chi connectivity index (χ1v) is 6.94. The lowest BCUT2D eigenvalue weighted by atomic mass is 10.00. The maximum Gasteiger partial charge on any atom is 0.326 e.